The molecule has 0 heterocycles. The highest BCUT2D eigenvalue weighted by atomic mass is 35.5. The van der Waals surface area contributed by atoms with Gasteiger partial charge in [-0.25, -0.2) is 13.6 Å². The SMILES string of the molecule is CC(Oc1cccc(Cl)c1)C(=O)NC(C)c1cccc(S(N)(=O)=O)c1. The molecular formula is C17H19ClN2O4S. The summed E-state index contributed by atoms with van der Waals surface area (Å²) in [5, 5.41) is 8.42. The van der Waals surface area contributed by atoms with E-state index in [1.54, 1.807) is 50.2 Å². The number of rotatable bonds is 6. The maximum absolute atomic E-state index is 12.3. The summed E-state index contributed by atoms with van der Waals surface area (Å²) in [5.74, 6) is 0.146. The van der Waals surface area contributed by atoms with E-state index in [-0.39, 0.29) is 10.8 Å². The van der Waals surface area contributed by atoms with E-state index >= 15 is 0 Å². The van der Waals surface area contributed by atoms with Gasteiger partial charge in [0.2, 0.25) is 10.0 Å². The molecule has 2 rings (SSSR count). The van der Waals surface area contributed by atoms with Crippen LogP contribution in [-0.2, 0) is 14.8 Å². The molecule has 8 heteroatoms. The fourth-order valence-corrected chi connectivity index (χ4v) is 2.92. The summed E-state index contributed by atoms with van der Waals surface area (Å²) in [5.41, 5.74) is 0.620. The Bertz CT molecular complexity index is 870. The number of carbonyl (C=O) groups excluding carboxylic acids is 1. The topological polar surface area (TPSA) is 98.5 Å². The Morgan fingerprint density at radius 1 is 1.16 bits per heavy atom. The summed E-state index contributed by atoms with van der Waals surface area (Å²) < 4.78 is 28.4. The lowest BCUT2D eigenvalue weighted by Gasteiger charge is -2.19. The van der Waals surface area contributed by atoms with Gasteiger partial charge in [0, 0.05) is 5.02 Å². The Hall–Kier alpha value is -2.09. The first-order valence-electron chi connectivity index (χ1n) is 7.52. The number of carbonyl (C=O) groups is 1. The van der Waals surface area contributed by atoms with Gasteiger partial charge in [0.15, 0.2) is 6.10 Å². The van der Waals surface area contributed by atoms with E-state index in [0.29, 0.717) is 16.3 Å². The first kappa shape index (κ1) is 19.2. The van der Waals surface area contributed by atoms with Crippen molar-refractivity contribution in [3.05, 3.63) is 59.1 Å². The van der Waals surface area contributed by atoms with E-state index in [9.17, 15) is 13.2 Å². The molecule has 0 aliphatic heterocycles. The number of halogens is 1. The first-order valence-corrected chi connectivity index (χ1v) is 9.44. The molecule has 0 aliphatic carbocycles. The number of primary sulfonamides is 1. The standard InChI is InChI=1S/C17H19ClN2O4S/c1-11(13-5-3-8-16(9-13)25(19,22)23)20-17(21)12(2)24-15-7-4-6-14(18)10-15/h3-12H,1-2H3,(H,20,21)(H2,19,22,23). The number of benzene rings is 2. The molecule has 0 fully saturated rings. The van der Waals surface area contributed by atoms with Crippen molar-refractivity contribution < 1.29 is 17.9 Å². The maximum Gasteiger partial charge on any atom is 0.261 e. The highest BCUT2D eigenvalue weighted by Gasteiger charge is 2.19. The summed E-state index contributed by atoms with van der Waals surface area (Å²) in [6, 6.07) is 12.5. The van der Waals surface area contributed by atoms with Gasteiger partial charge in [-0.15, -0.1) is 0 Å². The van der Waals surface area contributed by atoms with E-state index < -0.39 is 22.2 Å². The number of hydrogen-bond donors (Lipinski definition) is 2. The molecule has 2 atom stereocenters. The molecule has 0 saturated carbocycles. The number of ether oxygens (including phenoxy) is 1. The van der Waals surface area contributed by atoms with Crippen molar-refractivity contribution in [2.45, 2.75) is 30.9 Å². The largest absolute Gasteiger partial charge is 0.481 e. The van der Waals surface area contributed by atoms with Crippen LogP contribution in [0.3, 0.4) is 0 Å². The van der Waals surface area contributed by atoms with Crippen LogP contribution in [0.2, 0.25) is 5.02 Å². The van der Waals surface area contributed by atoms with Gasteiger partial charge in [0.25, 0.3) is 5.91 Å². The fourth-order valence-electron chi connectivity index (χ4n) is 2.17. The molecule has 2 unspecified atom stereocenters. The molecule has 0 radical (unpaired) electrons. The van der Waals surface area contributed by atoms with E-state index in [1.807, 2.05) is 0 Å². The number of nitrogens with two attached hydrogens (primary N) is 1. The normalized spacial score (nSPS) is 13.8. The van der Waals surface area contributed by atoms with Gasteiger partial charge in [-0.3, -0.25) is 4.79 Å². The van der Waals surface area contributed by atoms with Crippen molar-refractivity contribution in [1.29, 1.82) is 0 Å². The van der Waals surface area contributed by atoms with Crippen LogP contribution in [0, 0.1) is 0 Å². The minimum atomic E-state index is -3.80. The van der Waals surface area contributed by atoms with Crippen LogP contribution >= 0.6 is 11.6 Å². The molecule has 0 aromatic heterocycles. The average Bonchev–Trinajstić information content (AvgIpc) is 2.54. The highest BCUT2D eigenvalue weighted by Crippen LogP contribution is 2.20. The quantitative estimate of drug-likeness (QED) is 0.802. The zero-order chi connectivity index (χ0) is 18.6. The zero-order valence-corrected chi connectivity index (χ0v) is 15.3. The second-order valence-corrected chi connectivity index (χ2v) is 7.56. The Balaban J connectivity index is 2.04. The monoisotopic (exact) mass is 382 g/mol. The van der Waals surface area contributed by atoms with Crippen LogP contribution in [0.4, 0.5) is 0 Å². The molecule has 3 N–H and O–H groups in total. The second kappa shape index (κ2) is 7.86. The first-order chi connectivity index (χ1) is 11.7. The van der Waals surface area contributed by atoms with Crippen LogP contribution in [-0.4, -0.2) is 20.4 Å². The lowest BCUT2D eigenvalue weighted by Crippen LogP contribution is -2.37. The van der Waals surface area contributed by atoms with Gasteiger partial charge in [-0.2, -0.15) is 0 Å². The van der Waals surface area contributed by atoms with E-state index in [4.69, 9.17) is 21.5 Å². The third kappa shape index (κ3) is 5.45. The van der Waals surface area contributed by atoms with Gasteiger partial charge in [-0.1, -0.05) is 29.8 Å². The van der Waals surface area contributed by atoms with Crippen molar-refractivity contribution >= 4 is 27.5 Å². The molecule has 1 amide bonds. The smallest absolute Gasteiger partial charge is 0.261 e. The van der Waals surface area contributed by atoms with Crippen molar-refractivity contribution in [3.63, 3.8) is 0 Å². The third-order valence-electron chi connectivity index (χ3n) is 3.52. The van der Waals surface area contributed by atoms with Crippen LogP contribution in [0.15, 0.2) is 53.4 Å². The second-order valence-electron chi connectivity index (χ2n) is 5.57. The molecule has 0 bridgehead atoms. The highest BCUT2D eigenvalue weighted by molar-refractivity contribution is 7.89. The molecule has 2 aromatic rings. The van der Waals surface area contributed by atoms with Crippen LogP contribution in [0.5, 0.6) is 5.75 Å². The van der Waals surface area contributed by atoms with Gasteiger partial charge in [0.05, 0.1) is 10.9 Å². The molecule has 134 valence electrons. The average molecular weight is 383 g/mol. The minimum absolute atomic E-state index is 0.00525. The van der Waals surface area contributed by atoms with Gasteiger partial charge in [-0.05, 0) is 49.7 Å². The summed E-state index contributed by atoms with van der Waals surface area (Å²) >= 11 is 5.88. The summed E-state index contributed by atoms with van der Waals surface area (Å²) in [7, 11) is -3.80. The van der Waals surface area contributed by atoms with Crippen molar-refractivity contribution in [1.82, 2.24) is 5.32 Å². The number of amides is 1. The molecule has 0 aliphatic rings. The molecule has 0 spiro atoms. The minimum Gasteiger partial charge on any atom is -0.481 e. The summed E-state index contributed by atoms with van der Waals surface area (Å²) in [4.78, 5) is 12.3. The lowest BCUT2D eigenvalue weighted by atomic mass is 10.1. The molecular weight excluding hydrogens is 364 g/mol. The number of hydrogen-bond acceptors (Lipinski definition) is 4. The molecule has 25 heavy (non-hydrogen) atoms. The van der Waals surface area contributed by atoms with E-state index in [0.717, 1.165) is 0 Å². The fraction of sp³-hybridized carbons (Fsp3) is 0.235. The Morgan fingerprint density at radius 2 is 1.84 bits per heavy atom. The Kier molecular flexibility index (Phi) is 6.05. The van der Waals surface area contributed by atoms with Crippen LogP contribution in [0.25, 0.3) is 0 Å². The zero-order valence-electron chi connectivity index (χ0n) is 13.8. The number of nitrogens with one attached hydrogen (secondary N) is 1. The predicted octanol–water partition coefficient (Wildman–Crippen LogP) is 2.63. The molecule has 0 saturated heterocycles. The summed E-state index contributed by atoms with van der Waals surface area (Å²) in [6.07, 6.45) is -0.748. The van der Waals surface area contributed by atoms with Crippen molar-refractivity contribution in [3.8, 4) is 5.75 Å². The predicted molar refractivity (Wildman–Crippen MR) is 95.9 cm³/mol. The lowest BCUT2D eigenvalue weighted by molar-refractivity contribution is -0.127. The summed E-state index contributed by atoms with van der Waals surface area (Å²) in [6.45, 7) is 3.36. The Labute approximate surface area is 152 Å². The third-order valence-corrected chi connectivity index (χ3v) is 4.67. The van der Waals surface area contributed by atoms with Gasteiger partial charge in [0.1, 0.15) is 5.75 Å². The van der Waals surface area contributed by atoms with Crippen LogP contribution < -0.4 is 15.2 Å². The molecule has 2 aromatic carbocycles. The number of sulfonamides is 1. The van der Waals surface area contributed by atoms with Gasteiger partial charge >= 0.3 is 0 Å². The van der Waals surface area contributed by atoms with Crippen LogP contribution in [0.1, 0.15) is 25.5 Å². The van der Waals surface area contributed by atoms with Crippen molar-refractivity contribution in [2.24, 2.45) is 5.14 Å². The van der Waals surface area contributed by atoms with E-state index in [2.05, 4.69) is 5.32 Å². The Morgan fingerprint density at radius 3 is 2.48 bits per heavy atom. The van der Waals surface area contributed by atoms with Crippen molar-refractivity contribution in [2.75, 3.05) is 0 Å². The maximum atomic E-state index is 12.3. The molecule has 6 nitrogen and oxygen atoms in total. The van der Waals surface area contributed by atoms with Gasteiger partial charge < -0.3 is 10.1 Å². The van der Waals surface area contributed by atoms with E-state index in [1.165, 1.54) is 12.1 Å².